The molecule has 2 unspecified atom stereocenters. The monoisotopic (exact) mass is 902 g/mol. The van der Waals surface area contributed by atoms with Crippen LogP contribution in [0.5, 0.6) is 0 Å². The third-order valence-electron chi connectivity index (χ3n) is 12.4. The molecule has 9 heteroatoms. The quantitative estimate of drug-likeness (QED) is 0.0260. The summed E-state index contributed by atoms with van der Waals surface area (Å²) in [4.78, 5) is 25.1. The van der Waals surface area contributed by atoms with Crippen molar-refractivity contribution in [2.45, 2.75) is 283 Å². The van der Waals surface area contributed by atoms with Crippen molar-refractivity contribution in [2.75, 3.05) is 54.1 Å². The Morgan fingerprint density at radius 3 is 1.06 bits per heavy atom. The molecule has 0 radical (unpaired) electrons. The zero-order chi connectivity index (χ0) is 45.5. The molecule has 0 aliphatic rings. The van der Waals surface area contributed by atoms with Gasteiger partial charge >= 0.3 is 5.97 Å². The molecular weight excluding hydrogens is 794 g/mol. The van der Waals surface area contributed by atoms with Gasteiger partial charge in [0.05, 0.1) is 34.4 Å². The van der Waals surface area contributed by atoms with E-state index in [1.54, 1.807) is 0 Å². The highest BCUT2D eigenvalue weighted by Gasteiger charge is 2.20. The van der Waals surface area contributed by atoms with Crippen LogP contribution in [0.25, 0.3) is 0 Å². The van der Waals surface area contributed by atoms with Crippen LogP contribution in [0.15, 0.2) is 0 Å². The van der Waals surface area contributed by atoms with Crippen LogP contribution in [0, 0.1) is 0 Å². The molecule has 0 aromatic rings. The fraction of sp³-hybridized carbons (Fsp3) is 0.981. The third-order valence-corrected chi connectivity index (χ3v) is 13.4. The first-order valence-corrected chi connectivity index (χ1v) is 28.7. The number of carbonyl (C=O) groups excluding carboxylic acids is 1. The molecule has 0 fully saturated rings. The van der Waals surface area contributed by atoms with E-state index in [1.807, 2.05) is 21.1 Å². The lowest BCUT2D eigenvalue weighted by Crippen LogP contribution is -2.37. The van der Waals surface area contributed by atoms with Gasteiger partial charge in [0, 0.05) is 13.0 Å². The molecule has 372 valence electrons. The molecule has 0 aromatic carbocycles. The summed E-state index contributed by atoms with van der Waals surface area (Å²) in [6.07, 6.45) is 52.8. The predicted octanol–water partition coefficient (Wildman–Crippen LogP) is 16.2. The molecule has 0 heterocycles. The number of likely N-dealkylation sites (N-methyl/N-ethyl adjacent to an activating group) is 1. The highest BCUT2D eigenvalue weighted by molar-refractivity contribution is 7.45. The van der Waals surface area contributed by atoms with Crippen LogP contribution in [0.1, 0.15) is 277 Å². The average Bonchev–Trinajstić information content (AvgIpc) is 3.23. The number of carbonyl (C=O) groups is 1. The number of hydrogen-bond acceptors (Lipinski definition) is 7. The Balaban J connectivity index is 3.96. The molecule has 0 aromatic heterocycles. The van der Waals surface area contributed by atoms with Crippen molar-refractivity contribution in [3.8, 4) is 0 Å². The number of rotatable bonds is 52. The third kappa shape index (κ3) is 50.5. The summed E-state index contributed by atoms with van der Waals surface area (Å²) in [7, 11) is 1.38. The minimum absolute atomic E-state index is 0.0317. The van der Waals surface area contributed by atoms with Crippen LogP contribution in [0.4, 0.5) is 0 Å². The van der Waals surface area contributed by atoms with Crippen LogP contribution in [-0.2, 0) is 27.9 Å². The SMILES string of the molecule is CCCCCCCCCCCCCCCCCCCCCCCCCCCCOCC(COP(=O)([O-])OCC[N+](C)(C)C)OC(=O)CCCCCCCCCCCCCCCC. The molecule has 0 aliphatic carbocycles. The Kier molecular flexibility index (Phi) is 46.6. The normalized spacial score (nSPS) is 13.5. The summed E-state index contributed by atoms with van der Waals surface area (Å²) in [5.74, 6) is -0.326. The first-order valence-electron chi connectivity index (χ1n) is 27.3. The van der Waals surface area contributed by atoms with E-state index in [2.05, 4.69) is 13.8 Å². The van der Waals surface area contributed by atoms with Gasteiger partial charge < -0.3 is 27.9 Å². The summed E-state index contributed by atoms with van der Waals surface area (Å²) >= 11 is 0. The molecule has 0 rings (SSSR count). The second kappa shape index (κ2) is 47.0. The number of ether oxygens (including phenoxy) is 2. The maximum atomic E-state index is 12.7. The van der Waals surface area contributed by atoms with Crippen LogP contribution in [0.3, 0.4) is 0 Å². The molecule has 62 heavy (non-hydrogen) atoms. The molecule has 0 spiro atoms. The van der Waals surface area contributed by atoms with Crippen LogP contribution in [-0.4, -0.2) is 70.7 Å². The van der Waals surface area contributed by atoms with Gasteiger partial charge in [-0.05, 0) is 12.8 Å². The molecule has 0 amide bonds. The summed E-state index contributed by atoms with van der Waals surface area (Å²) in [5.41, 5.74) is 0. The van der Waals surface area contributed by atoms with Crippen LogP contribution < -0.4 is 4.89 Å². The van der Waals surface area contributed by atoms with E-state index in [0.29, 0.717) is 24.1 Å². The molecule has 0 aliphatic heterocycles. The smallest absolute Gasteiger partial charge is 0.306 e. The van der Waals surface area contributed by atoms with Crippen LogP contribution >= 0.6 is 7.82 Å². The molecule has 0 N–H and O–H groups in total. The highest BCUT2D eigenvalue weighted by Crippen LogP contribution is 2.38. The van der Waals surface area contributed by atoms with E-state index >= 15 is 0 Å². The lowest BCUT2D eigenvalue weighted by Gasteiger charge is -2.28. The summed E-state index contributed by atoms with van der Waals surface area (Å²) < 4.78 is 34.8. The molecular formula is C53H108NO7P. The number of unbranched alkanes of at least 4 members (excludes halogenated alkanes) is 38. The van der Waals surface area contributed by atoms with E-state index in [-0.39, 0.29) is 25.8 Å². The maximum absolute atomic E-state index is 12.7. The fourth-order valence-corrected chi connectivity index (χ4v) is 8.93. The van der Waals surface area contributed by atoms with E-state index in [4.69, 9.17) is 18.5 Å². The van der Waals surface area contributed by atoms with Gasteiger partial charge in [-0.3, -0.25) is 9.36 Å². The first kappa shape index (κ1) is 61.5. The van der Waals surface area contributed by atoms with E-state index in [9.17, 15) is 14.3 Å². The zero-order valence-electron chi connectivity index (χ0n) is 42.4. The topological polar surface area (TPSA) is 94.1 Å². The van der Waals surface area contributed by atoms with E-state index < -0.39 is 13.9 Å². The predicted molar refractivity (Wildman–Crippen MR) is 264 cm³/mol. The summed E-state index contributed by atoms with van der Waals surface area (Å²) in [6.45, 7) is 5.49. The molecule has 8 nitrogen and oxygen atoms in total. The standard InChI is InChI=1S/C53H108NO7P/c1-6-8-10-12-14-16-18-20-22-23-24-25-26-27-28-29-30-31-32-33-35-37-39-41-43-45-48-58-50-52(51-60-62(56,57)59-49-47-54(3,4)5)61-53(55)46-44-42-40-38-36-34-21-19-17-15-13-11-9-7-2/h52H,6-51H2,1-5H3. The largest absolute Gasteiger partial charge is 0.756 e. The molecule has 0 saturated carbocycles. The minimum atomic E-state index is -4.52. The fourth-order valence-electron chi connectivity index (χ4n) is 8.20. The lowest BCUT2D eigenvalue weighted by atomic mass is 10.0. The van der Waals surface area contributed by atoms with Crippen molar-refractivity contribution in [3.05, 3.63) is 0 Å². The van der Waals surface area contributed by atoms with Crippen molar-refractivity contribution in [2.24, 2.45) is 0 Å². The number of nitrogens with zero attached hydrogens (tertiary/aromatic N) is 1. The number of phosphoric ester groups is 1. The van der Waals surface area contributed by atoms with E-state index in [1.165, 1.54) is 225 Å². The second-order valence-electron chi connectivity index (χ2n) is 20.0. The maximum Gasteiger partial charge on any atom is 0.306 e. The highest BCUT2D eigenvalue weighted by atomic mass is 31.2. The van der Waals surface area contributed by atoms with Gasteiger partial charge in [0.25, 0.3) is 7.82 Å². The Morgan fingerprint density at radius 1 is 0.435 bits per heavy atom. The van der Waals surface area contributed by atoms with Crippen molar-refractivity contribution < 1.29 is 37.3 Å². The molecule has 0 saturated heterocycles. The average molecular weight is 902 g/mol. The van der Waals surface area contributed by atoms with Gasteiger partial charge in [0.15, 0.2) is 0 Å². The van der Waals surface area contributed by atoms with Gasteiger partial charge in [-0.15, -0.1) is 0 Å². The number of quaternary nitrogens is 1. The van der Waals surface area contributed by atoms with Crippen molar-refractivity contribution in [1.82, 2.24) is 0 Å². The summed E-state index contributed by atoms with van der Waals surface area (Å²) in [6, 6.07) is 0. The first-order chi connectivity index (χ1) is 30.1. The Bertz CT molecular complexity index is 961. The number of hydrogen-bond donors (Lipinski definition) is 0. The van der Waals surface area contributed by atoms with Gasteiger partial charge in [0.2, 0.25) is 0 Å². The van der Waals surface area contributed by atoms with Crippen LogP contribution in [0.2, 0.25) is 0 Å². The lowest BCUT2D eigenvalue weighted by molar-refractivity contribution is -0.870. The minimum Gasteiger partial charge on any atom is -0.756 e. The number of esters is 1. The van der Waals surface area contributed by atoms with Gasteiger partial charge in [-0.1, -0.05) is 258 Å². The Labute approximate surface area is 387 Å². The number of phosphoric acid groups is 1. The summed E-state index contributed by atoms with van der Waals surface area (Å²) in [5, 5.41) is 0. The second-order valence-corrected chi connectivity index (χ2v) is 21.4. The van der Waals surface area contributed by atoms with Gasteiger partial charge in [-0.2, -0.15) is 0 Å². The van der Waals surface area contributed by atoms with Crippen molar-refractivity contribution >= 4 is 13.8 Å². The van der Waals surface area contributed by atoms with Gasteiger partial charge in [0.1, 0.15) is 19.3 Å². The Hall–Kier alpha value is -0.500. The van der Waals surface area contributed by atoms with Crippen molar-refractivity contribution in [1.29, 1.82) is 0 Å². The Morgan fingerprint density at radius 2 is 0.742 bits per heavy atom. The zero-order valence-corrected chi connectivity index (χ0v) is 43.3. The van der Waals surface area contributed by atoms with E-state index in [0.717, 1.165) is 32.1 Å². The molecule has 2 atom stereocenters. The molecule has 0 bridgehead atoms. The van der Waals surface area contributed by atoms with Crippen molar-refractivity contribution in [3.63, 3.8) is 0 Å². The van der Waals surface area contributed by atoms with Gasteiger partial charge in [-0.25, -0.2) is 0 Å².